The standard InChI is InChI=1S/C18H19N7/c1-11-14(12(2)25(3)24-11)16-22-17(15-18(23-16)21-10-20-15)19-9-13-7-5-4-6-8-13/h4-8,10H,9H2,1-3H3,(H2,19,20,21,22,23). The van der Waals surface area contributed by atoms with E-state index in [0.717, 1.165) is 28.3 Å². The van der Waals surface area contributed by atoms with E-state index < -0.39 is 0 Å². The Morgan fingerprint density at radius 2 is 1.92 bits per heavy atom. The second-order valence-electron chi connectivity index (χ2n) is 6.01. The van der Waals surface area contributed by atoms with Crippen LogP contribution in [0.15, 0.2) is 36.7 Å². The van der Waals surface area contributed by atoms with E-state index in [0.29, 0.717) is 18.0 Å². The maximum Gasteiger partial charge on any atom is 0.183 e. The lowest BCUT2D eigenvalue weighted by molar-refractivity contribution is 0.731. The molecule has 126 valence electrons. The number of benzene rings is 1. The average molecular weight is 333 g/mol. The van der Waals surface area contributed by atoms with Crippen molar-refractivity contribution < 1.29 is 0 Å². The minimum Gasteiger partial charge on any atom is -0.364 e. The third kappa shape index (κ3) is 2.73. The average Bonchev–Trinajstić information content (AvgIpc) is 3.18. The number of nitrogens with zero attached hydrogens (tertiary/aromatic N) is 5. The highest BCUT2D eigenvalue weighted by atomic mass is 15.3. The molecule has 0 saturated carbocycles. The van der Waals surface area contributed by atoms with Crippen molar-refractivity contribution in [3.8, 4) is 11.4 Å². The second-order valence-corrected chi connectivity index (χ2v) is 6.01. The summed E-state index contributed by atoms with van der Waals surface area (Å²) in [5, 5.41) is 7.86. The van der Waals surface area contributed by atoms with Crippen molar-refractivity contribution in [1.29, 1.82) is 0 Å². The molecular formula is C18H19N7. The van der Waals surface area contributed by atoms with Gasteiger partial charge in [-0.1, -0.05) is 30.3 Å². The topological polar surface area (TPSA) is 84.3 Å². The number of aromatic nitrogens is 6. The van der Waals surface area contributed by atoms with Gasteiger partial charge in [0.05, 0.1) is 17.6 Å². The molecule has 0 aliphatic rings. The molecule has 0 fully saturated rings. The summed E-state index contributed by atoms with van der Waals surface area (Å²) in [6.07, 6.45) is 1.64. The van der Waals surface area contributed by atoms with Gasteiger partial charge in [0.15, 0.2) is 17.3 Å². The van der Waals surface area contributed by atoms with Crippen molar-refractivity contribution in [3.63, 3.8) is 0 Å². The zero-order valence-corrected chi connectivity index (χ0v) is 14.4. The zero-order chi connectivity index (χ0) is 17.4. The number of anilines is 1. The van der Waals surface area contributed by atoms with Gasteiger partial charge >= 0.3 is 0 Å². The summed E-state index contributed by atoms with van der Waals surface area (Å²) in [5.41, 5.74) is 5.52. The first-order valence-corrected chi connectivity index (χ1v) is 8.13. The highest BCUT2D eigenvalue weighted by Crippen LogP contribution is 2.27. The summed E-state index contributed by atoms with van der Waals surface area (Å²) in [4.78, 5) is 16.8. The Kier molecular flexibility index (Phi) is 3.68. The molecule has 7 nitrogen and oxygen atoms in total. The van der Waals surface area contributed by atoms with E-state index in [9.17, 15) is 0 Å². The Hall–Kier alpha value is -3.22. The summed E-state index contributed by atoms with van der Waals surface area (Å²) >= 11 is 0. The smallest absolute Gasteiger partial charge is 0.183 e. The predicted molar refractivity (Wildman–Crippen MR) is 97.1 cm³/mol. The monoisotopic (exact) mass is 333 g/mol. The van der Waals surface area contributed by atoms with Crippen LogP contribution in [0.5, 0.6) is 0 Å². The largest absolute Gasteiger partial charge is 0.364 e. The predicted octanol–water partition coefficient (Wildman–Crippen LogP) is 2.98. The molecule has 0 aliphatic carbocycles. The maximum absolute atomic E-state index is 4.75. The van der Waals surface area contributed by atoms with Gasteiger partial charge in [0.1, 0.15) is 5.52 Å². The van der Waals surface area contributed by atoms with Crippen LogP contribution in [0, 0.1) is 13.8 Å². The zero-order valence-electron chi connectivity index (χ0n) is 14.4. The number of hydrogen-bond acceptors (Lipinski definition) is 5. The van der Waals surface area contributed by atoms with Crippen molar-refractivity contribution in [2.75, 3.05) is 5.32 Å². The van der Waals surface area contributed by atoms with Crippen molar-refractivity contribution in [2.24, 2.45) is 7.05 Å². The Balaban J connectivity index is 1.77. The summed E-state index contributed by atoms with van der Waals surface area (Å²) in [6.45, 7) is 4.67. The van der Waals surface area contributed by atoms with E-state index >= 15 is 0 Å². The number of aromatic amines is 1. The van der Waals surface area contributed by atoms with Crippen LogP contribution in [0.3, 0.4) is 0 Å². The van der Waals surface area contributed by atoms with Gasteiger partial charge in [0.25, 0.3) is 0 Å². The van der Waals surface area contributed by atoms with Crippen LogP contribution in [0.25, 0.3) is 22.6 Å². The summed E-state index contributed by atoms with van der Waals surface area (Å²) in [6, 6.07) is 10.2. The quantitative estimate of drug-likeness (QED) is 0.600. The molecule has 1 aromatic carbocycles. The van der Waals surface area contributed by atoms with E-state index in [2.05, 4.69) is 37.5 Å². The third-order valence-corrected chi connectivity index (χ3v) is 4.32. The minimum absolute atomic E-state index is 0.637. The van der Waals surface area contributed by atoms with Gasteiger partial charge in [-0.05, 0) is 19.4 Å². The Morgan fingerprint density at radius 1 is 1.12 bits per heavy atom. The first-order chi connectivity index (χ1) is 12.1. The number of imidazole rings is 1. The summed E-state index contributed by atoms with van der Waals surface area (Å²) in [5.74, 6) is 1.38. The Labute approximate surface area is 145 Å². The van der Waals surface area contributed by atoms with Crippen molar-refractivity contribution in [1.82, 2.24) is 29.7 Å². The number of fused-ring (bicyclic) bond motifs is 1. The van der Waals surface area contributed by atoms with Crippen molar-refractivity contribution in [2.45, 2.75) is 20.4 Å². The van der Waals surface area contributed by atoms with Gasteiger partial charge in [-0.15, -0.1) is 0 Å². The van der Waals surface area contributed by atoms with Crippen molar-refractivity contribution >= 4 is 17.0 Å². The fourth-order valence-electron chi connectivity index (χ4n) is 2.95. The molecule has 0 saturated heterocycles. The fourth-order valence-corrected chi connectivity index (χ4v) is 2.95. The van der Waals surface area contributed by atoms with E-state index in [1.807, 2.05) is 43.8 Å². The molecule has 25 heavy (non-hydrogen) atoms. The third-order valence-electron chi connectivity index (χ3n) is 4.32. The molecule has 4 aromatic rings. The normalized spacial score (nSPS) is 11.2. The molecule has 0 radical (unpaired) electrons. The molecule has 3 heterocycles. The summed E-state index contributed by atoms with van der Waals surface area (Å²) in [7, 11) is 1.92. The molecule has 3 aromatic heterocycles. The van der Waals surface area contributed by atoms with E-state index in [4.69, 9.17) is 4.98 Å². The highest BCUT2D eigenvalue weighted by Gasteiger charge is 2.18. The molecule has 7 heteroatoms. The SMILES string of the molecule is Cc1nn(C)c(C)c1-c1nc(NCc2ccccc2)c2[nH]cnc2n1. The lowest BCUT2D eigenvalue weighted by Crippen LogP contribution is -2.04. The van der Waals surface area contributed by atoms with Crippen molar-refractivity contribution in [3.05, 3.63) is 53.6 Å². The van der Waals surface area contributed by atoms with Gasteiger partial charge in [-0.25, -0.2) is 15.0 Å². The van der Waals surface area contributed by atoms with Crippen LogP contribution in [-0.2, 0) is 13.6 Å². The molecule has 2 N–H and O–H groups in total. The summed E-state index contributed by atoms with van der Waals surface area (Å²) < 4.78 is 1.85. The Morgan fingerprint density at radius 3 is 2.64 bits per heavy atom. The molecule has 0 atom stereocenters. The molecule has 0 amide bonds. The number of nitrogens with one attached hydrogen (secondary N) is 2. The lowest BCUT2D eigenvalue weighted by atomic mass is 10.2. The van der Waals surface area contributed by atoms with Gasteiger partial charge in [-0.3, -0.25) is 4.68 Å². The first kappa shape index (κ1) is 15.3. The van der Waals surface area contributed by atoms with Crippen LogP contribution >= 0.6 is 0 Å². The van der Waals surface area contributed by atoms with Crippen LogP contribution in [-0.4, -0.2) is 29.7 Å². The van der Waals surface area contributed by atoms with E-state index in [1.54, 1.807) is 6.33 Å². The molecular weight excluding hydrogens is 314 g/mol. The fraction of sp³-hybridized carbons (Fsp3) is 0.222. The minimum atomic E-state index is 0.637. The van der Waals surface area contributed by atoms with Gasteiger partial charge in [0.2, 0.25) is 0 Å². The van der Waals surface area contributed by atoms with Gasteiger partial charge in [0, 0.05) is 19.3 Å². The molecule has 0 bridgehead atoms. The molecule has 0 unspecified atom stereocenters. The maximum atomic E-state index is 4.75. The van der Waals surface area contributed by atoms with E-state index in [1.165, 1.54) is 5.56 Å². The second kappa shape index (κ2) is 6.01. The lowest BCUT2D eigenvalue weighted by Gasteiger charge is -2.09. The van der Waals surface area contributed by atoms with Gasteiger partial charge < -0.3 is 10.3 Å². The molecule has 0 spiro atoms. The Bertz CT molecular complexity index is 1030. The number of hydrogen-bond donors (Lipinski definition) is 2. The first-order valence-electron chi connectivity index (χ1n) is 8.13. The molecule has 0 aliphatic heterocycles. The van der Waals surface area contributed by atoms with Crippen LogP contribution < -0.4 is 5.32 Å². The van der Waals surface area contributed by atoms with Crippen LogP contribution in [0.2, 0.25) is 0 Å². The molecule has 4 rings (SSSR count). The number of aryl methyl sites for hydroxylation is 2. The van der Waals surface area contributed by atoms with E-state index in [-0.39, 0.29) is 0 Å². The highest BCUT2D eigenvalue weighted by molar-refractivity contribution is 5.85. The number of rotatable bonds is 4. The van der Waals surface area contributed by atoms with Crippen LogP contribution in [0.4, 0.5) is 5.82 Å². The van der Waals surface area contributed by atoms with Gasteiger partial charge in [-0.2, -0.15) is 5.10 Å². The number of H-pyrrole nitrogens is 1. The van der Waals surface area contributed by atoms with Crippen LogP contribution in [0.1, 0.15) is 17.0 Å².